The number of nitrogens with one attached hydrogen (secondary N) is 1. The Morgan fingerprint density at radius 1 is 1.23 bits per heavy atom. The van der Waals surface area contributed by atoms with Crippen LogP contribution in [0.4, 0.5) is 0 Å². The minimum absolute atomic E-state index is 0.210. The summed E-state index contributed by atoms with van der Waals surface area (Å²) in [5.41, 5.74) is 9.56. The molecule has 0 amide bonds. The van der Waals surface area contributed by atoms with Gasteiger partial charge in [-0.1, -0.05) is 43.4 Å². The lowest BCUT2D eigenvalue weighted by molar-refractivity contribution is -0.164. The summed E-state index contributed by atoms with van der Waals surface area (Å²) in [7, 11) is 0. The maximum Gasteiger partial charge on any atom is 0.346 e. The van der Waals surface area contributed by atoms with Crippen molar-refractivity contribution < 1.29 is 19.2 Å². The van der Waals surface area contributed by atoms with E-state index < -0.39 is 17.9 Å². The highest BCUT2D eigenvalue weighted by molar-refractivity contribution is 7.80. The summed E-state index contributed by atoms with van der Waals surface area (Å²) in [6.07, 6.45) is 0.289. The van der Waals surface area contributed by atoms with Crippen molar-refractivity contribution >= 4 is 29.1 Å². The fraction of sp³-hybridized carbons (Fsp3) is 0.400. The number of benzene rings is 1. The summed E-state index contributed by atoms with van der Waals surface area (Å²) in [5.74, 6) is -2.29. The number of hydrogen-bond acceptors (Lipinski definition) is 6. The molecule has 7 heteroatoms. The van der Waals surface area contributed by atoms with Crippen LogP contribution in [0, 0.1) is 5.92 Å². The molecular weight excluding hydrogens is 304 g/mol. The average molecular weight is 324 g/mol. The van der Waals surface area contributed by atoms with Crippen LogP contribution >= 0.6 is 12.2 Å². The highest BCUT2D eigenvalue weighted by atomic mass is 32.1. The molecule has 6 nitrogen and oxygen atoms in total. The van der Waals surface area contributed by atoms with Crippen LogP contribution in [-0.4, -0.2) is 23.5 Å². The summed E-state index contributed by atoms with van der Waals surface area (Å²) in [6, 6.07) is 7.21. The molecule has 0 aromatic heterocycles. The standard InChI is InChI=1S/C15H20N2O4S/c1-3-12(14(18)20-4-2)15(19)21-17-13(22)11-7-5-10(9-16)6-8-11/h5-8,12H,3-4,9,16H2,1-2H3,(H,17,22). The number of hydroxylamine groups is 1. The third-order valence-corrected chi connectivity index (χ3v) is 3.28. The second-order valence-electron chi connectivity index (χ2n) is 4.47. The molecule has 1 aromatic carbocycles. The first-order chi connectivity index (χ1) is 10.5. The van der Waals surface area contributed by atoms with Gasteiger partial charge in [-0.05, 0) is 18.9 Å². The largest absolute Gasteiger partial charge is 0.465 e. The molecule has 0 radical (unpaired) electrons. The molecule has 0 aliphatic carbocycles. The molecule has 0 bridgehead atoms. The molecule has 3 N–H and O–H groups in total. The van der Waals surface area contributed by atoms with E-state index in [1.807, 2.05) is 12.1 Å². The third kappa shape index (κ3) is 5.09. The number of esters is 1. The van der Waals surface area contributed by atoms with E-state index in [0.29, 0.717) is 12.1 Å². The van der Waals surface area contributed by atoms with Gasteiger partial charge in [-0.3, -0.25) is 4.79 Å². The van der Waals surface area contributed by atoms with Crippen molar-refractivity contribution in [1.82, 2.24) is 5.48 Å². The van der Waals surface area contributed by atoms with Crippen LogP contribution in [0.25, 0.3) is 0 Å². The number of carbonyl (C=O) groups is 2. The zero-order valence-corrected chi connectivity index (χ0v) is 13.4. The average Bonchev–Trinajstić information content (AvgIpc) is 2.53. The van der Waals surface area contributed by atoms with Gasteiger partial charge in [0.25, 0.3) is 0 Å². The summed E-state index contributed by atoms with van der Waals surface area (Å²) in [5, 5.41) is 0. The fourth-order valence-corrected chi connectivity index (χ4v) is 1.87. The van der Waals surface area contributed by atoms with Crippen molar-refractivity contribution in [3.63, 3.8) is 0 Å². The first-order valence-electron chi connectivity index (χ1n) is 7.00. The van der Waals surface area contributed by atoms with E-state index >= 15 is 0 Å². The van der Waals surface area contributed by atoms with Crippen molar-refractivity contribution in [2.75, 3.05) is 6.61 Å². The third-order valence-electron chi connectivity index (χ3n) is 2.96. The lowest BCUT2D eigenvalue weighted by atomic mass is 10.1. The van der Waals surface area contributed by atoms with E-state index in [-0.39, 0.29) is 18.0 Å². The molecule has 0 fully saturated rings. The Hall–Kier alpha value is -1.99. The number of hydrogen-bond donors (Lipinski definition) is 2. The van der Waals surface area contributed by atoms with E-state index in [0.717, 1.165) is 5.56 Å². The number of thiocarbonyl (C=S) groups is 1. The molecule has 0 saturated heterocycles. The normalized spacial score (nSPS) is 11.4. The van der Waals surface area contributed by atoms with Crippen LogP contribution < -0.4 is 11.2 Å². The second kappa shape index (κ2) is 9.11. The van der Waals surface area contributed by atoms with Crippen LogP contribution in [0.15, 0.2) is 24.3 Å². The maximum atomic E-state index is 11.9. The molecule has 1 unspecified atom stereocenters. The molecule has 0 spiro atoms. The van der Waals surface area contributed by atoms with Gasteiger partial charge in [0.15, 0.2) is 5.92 Å². The van der Waals surface area contributed by atoms with Crippen molar-refractivity contribution in [3.8, 4) is 0 Å². The van der Waals surface area contributed by atoms with Gasteiger partial charge in [0.1, 0.15) is 4.99 Å². The Morgan fingerprint density at radius 3 is 2.36 bits per heavy atom. The molecule has 0 heterocycles. The van der Waals surface area contributed by atoms with Gasteiger partial charge in [-0.2, -0.15) is 0 Å². The minimum Gasteiger partial charge on any atom is -0.465 e. The zero-order chi connectivity index (χ0) is 16.5. The number of ether oxygens (including phenoxy) is 1. The van der Waals surface area contributed by atoms with Gasteiger partial charge in [0.2, 0.25) is 0 Å². The van der Waals surface area contributed by atoms with E-state index in [1.165, 1.54) is 0 Å². The molecule has 1 aromatic rings. The van der Waals surface area contributed by atoms with Gasteiger partial charge >= 0.3 is 11.9 Å². The van der Waals surface area contributed by atoms with Crippen LogP contribution in [0.3, 0.4) is 0 Å². The zero-order valence-electron chi connectivity index (χ0n) is 12.6. The first kappa shape index (κ1) is 18.1. The van der Waals surface area contributed by atoms with Gasteiger partial charge in [-0.25, -0.2) is 10.3 Å². The molecular formula is C15H20N2O4S. The smallest absolute Gasteiger partial charge is 0.346 e. The SMILES string of the molecule is CCOC(=O)C(CC)C(=O)ONC(=S)c1ccc(CN)cc1. The van der Waals surface area contributed by atoms with Crippen molar-refractivity contribution in [3.05, 3.63) is 35.4 Å². The Kier molecular flexibility index (Phi) is 7.48. The van der Waals surface area contributed by atoms with Gasteiger partial charge < -0.3 is 15.3 Å². The van der Waals surface area contributed by atoms with Gasteiger partial charge in [0, 0.05) is 12.1 Å². The Balaban J connectivity index is 2.57. The molecule has 120 valence electrons. The van der Waals surface area contributed by atoms with E-state index in [4.69, 9.17) is 27.5 Å². The van der Waals surface area contributed by atoms with Crippen LogP contribution in [0.5, 0.6) is 0 Å². The van der Waals surface area contributed by atoms with E-state index in [9.17, 15) is 9.59 Å². The Labute approximate surface area is 134 Å². The van der Waals surface area contributed by atoms with Gasteiger partial charge in [0.05, 0.1) is 6.61 Å². The fourth-order valence-electron chi connectivity index (χ4n) is 1.69. The molecule has 0 aliphatic rings. The van der Waals surface area contributed by atoms with Crippen molar-refractivity contribution in [2.45, 2.75) is 26.8 Å². The monoisotopic (exact) mass is 324 g/mol. The lowest BCUT2D eigenvalue weighted by Crippen LogP contribution is -2.34. The maximum absolute atomic E-state index is 11.9. The van der Waals surface area contributed by atoms with E-state index in [1.54, 1.807) is 26.0 Å². The number of carbonyl (C=O) groups excluding carboxylic acids is 2. The van der Waals surface area contributed by atoms with Crippen LogP contribution in [0.2, 0.25) is 0 Å². The van der Waals surface area contributed by atoms with Crippen molar-refractivity contribution in [1.29, 1.82) is 0 Å². The molecule has 1 rings (SSSR count). The predicted octanol–water partition coefficient (Wildman–Crippen LogP) is 1.46. The quantitative estimate of drug-likeness (QED) is 0.354. The summed E-state index contributed by atoms with van der Waals surface area (Å²) in [6.45, 7) is 4.02. The number of nitrogens with two attached hydrogens (primary N) is 1. The molecule has 1 atom stereocenters. The predicted molar refractivity (Wildman–Crippen MR) is 85.7 cm³/mol. The van der Waals surface area contributed by atoms with Crippen LogP contribution in [0.1, 0.15) is 31.4 Å². The van der Waals surface area contributed by atoms with E-state index in [2.05, 4.69) is 5.48 Å². The van der Waals surface area contributed by atoms with Crippen LogP contribution in [-0.2, 0) is 25.7 Å². The first-order valence-corrected chi connectivity index (χ1v) is 7.40. The Bertz CT molecular complexity index is 531. The summed E-state index contributed by atoms with van der Waals surface area (Å²) < 4.78 is 4.82. The highest BCUT2D eigenvalue weighted by Crippen LogP contribution is 2.08. The highest BCUT2D eigenvalue weighted by Gasteiger charge is 2.28. The van der Waals surface area contributed by atoms with Gasteiger partial charge in [-0.15, -0.1) is 0 Å². The van der Waals surface area contributed by atoms with Crippen molar-refractivity contribution in [2.24, 2.45) is 11.7 Å². The topological polar surface area (TPSA) is 90.7 Å². The molecule has 22 heavy (non-hydrogen) atoms. The number of rotatable bonds is 6. The Morgan fingerprint density at radius 2 is 1.86 bits per heavy atom. The summed E-state index contributed by atoms with van der Waals surface area (Å²) in [4.78, 5) is 28.6. The minimum atomic E-state index is -0.963. The molecule has 0 saturated carbocycles. The second-order valence-corrected chi connectivity index (χ2v) is 4.87. The lowest BCUT2D eigenvalue weighted by Gasteiger charge is -2.14. The molecule has 0 aliphatic heterocycles. The summed E-state index contributed by atoms with van der Waals surface area (Å²) >= 11 is 5.12.